The summed E-state index contributed by atoms with van der Waals surface area (Å²) in [4.78, 5) is 29.7. The Labute approximate surface area is 132 Å². The number of thiophene rings is 1. The summed E-state index contributed by atoms with van der Waals surface area (Å²) in [7, 11) is 0. The van der Waals surface area contributed by atoms with Crippen molar-refractivity contribution < 1.29 is 0 Å². The lowest BCUT2D eigenvalue weighted by Crippen LogP contribution is -2.23. The van der Waals surface area contributed by atoms with E-state index in [0.29, 0.717) is 26.6 Å². The van der Waals surface area contributed by atoms with Gasteiger partial charge in [0, 0.05) is 15.5 Å². The minimum absolute atomic E-state index is 0.242. The van der Waals surface area contributed by atoms with Gasteiger partial charge in [-0.05, 0) is 12.1 Å². The number of hydrogen-bond donors (Lipinski definition) is 1. The number of rotatable bonds is 0. The highest BCUT2D eigenvalue weighted by Gasteiger charge is 2.14. The fourth-order valence-electron chi connectivity index (χ4n) is 2.96. The van der Waals surface area contributed by atoms with Crippen LogP contribution in [0.2, 0.25) is 0 Å². The van der Waals surface area contributed by atoms with Crippen LogP contribution in [0.15, 0.2) is 58.1 Å². The topological polar surface area (TPSA) is 67.2 Å². The molecule has 0 bridgehead atoms. The quantitative estimate of drug-likeness (QED) is 0.446. The van der Waals surface area contributed by atoms with Crippen molar-refractivity contribution in [2.75, 3.05) is 0 Å². The van der Waals surface area contributed by atoms with Gasteiger partial charge in [-0.1, -0.05) is 36.4 Å². The van der Waals surface area contributed by atoms with Crippen molar-refractivity contribution in [3.8, 4) is 0 Å². The smallest absolute Gasteiger partial charge is 0.267 e. The van der Waals surface area contributed by atoms with Crippen molar-refractivity contribution in [3.05, 3.63) is 69.2 Å². The minimum atomic E-state index is -0.294. The maximum Gasteiger partial charge on any atom is 0.290 e. The SMILES string of the molecule is O=c1[nH]n2c(=O)c3sc4ccccc4c3nc2c2ccccc12. The van der Waals surface area contributed by atoms with E-state index in [9.17, 15) is 9.59 Å². The molecule has 0 spiro atoms. The Kier molecular flexibility index (Phi) is 2.33. The fourth-order valence-corrected chi connectivity index (χ4v) is 4.04. The number of H-pyrrole nitrogens is 1. The van der Waals surface area contributed by atoms with Crippen LogP contribution in [0.5, 0.6) is 0 Å². The van der Waals surface area contributed by atoms with E-state index in [4.69, 9.17) is 4.98 Å². The number of nitrogens with zero attached hydrogens (tertiary/aromatic N) is 2. The van der Waals surface area contributed by atoms with Crippen molar-refractivity contribution >= 4 is 48.1 Å². The van der Waals surface area contributed by atoms with Gasteiger partial charge < -0.3 is 0 Å². The van der Waals surface area contributed by atoms with E-state index < -0.39 is 0 Å². The highest BCUT2D eigenvalue weighted by molar-refractivity contribution is 7.25. The molecule has 1 N–H and O–H groups in total. The predicted molar refractivity (Wildman–Crippen MR) is 92.5 cm³/mol. The van der Waals surface area contributed by atoms with Crippen molar-refractivity contribution in [2.45, 2.75) is 0 Å². The van der Waals surface area contributed by atoms with Gasteiger partial charge in [0.2, 0.25) is 0 Å². The lowest BCUT2D eigenvalue weighted by molar-refractivity contribution is 0.871. The molecule has 23 heavy (non-hydrogen) atoms. The van der Waals surface area contributed by atoms with Crippen molar-refractivity contribution in [1.29, 1.82) is 0 Å². The van der Waals surface area contributed by atoms with Gasteiger partial charge >= 0.3 is 0 Å². The summed E-state index contributed by atoms with van der Waals surface area (Å²) in [5.74, 6) is 0. The fraction of sp³-hybridized carbons (Fsp3) is 0. The van der Waals surface area contributed by atoms with Gasteiger partial charge in [0.15, 0.2) is 5.65 Å². The van der Waals surface area contributed by atoms with Crippen molar-refractivity contribution in [3.63, 3.8) is 0 Å². The molecule has 0 atom stereocenters. The Morgan fingerprint density at radius 1 is 0.913 bits per heavy atom. The zero-order chi connectivity index (χ0) is 15.6. The first kappa shape index (κ1) is 12.5. The molecule has 0 aliphatic heterocycles. The third kappa shape index (κ3) is 1.58. The monoisotopic (exact) mass is 319 g/mol. The molecule has 0 amide bonds. The minimum Gasteiger partial charge on any atom is -0.267 e. The first-order valence-electron chi connectivity index (χ1n) is 7.09. The van der Waals surface area contributed by atoms with Crippen LogP contribution in [0, 0.1) is 0 Å². The Morgan fingerprint density at radius 2 is 1.61 bits per heavy atom. The highest BCUT2D eigenvalue weighted by Crippen LogP contribution is 2.30. The number of hydrogen-bond acceptors (Lipinski definition) is 4. The van der Waals surface area contributed by atoms with Gasteiger partial charge in [0.1, 0.15) is 4.70 Å². The second-order valence-corrected chi connectivity index (χ2v) is 6.39. The second kappa shape index (κ2) is 4.27. The van der Waals surface area contributed by atoms with E-state index in [1.54, 1.807) is 12.1 Å². The predicted octanol–water partition coefficient (Wildman–Crippen LogP) is 2.90. The van der Waals surface area contributed by atoms with Crippen LogP contribution in [0.1, 0.15) is 0 Å². The van der Waals surface area contributed by atoms with E-state index in [2.05, 4.69) is 5.10 Å². The average Bonchev–Trinajstić information content (AvgIpc) is 2.96. The van der Waals surface area contributed by atoms with Gasteiger partial charge in [0.25, 0.3) is 11.1 Å². The molecule has 0 radical (unpaired) electrons. The highest BCUT2D eigenvalue weighted by atomic mass is 32.1. The van der Waals surface area contributed by atoms with Gasteiger partial charge in [-0.2, -0.15) is 4.52 Å². The molecule has 0 unspecified atom stereocenters. The third-order valence-electron chi connectivity index (χ3n) is 4.02. The van der Waals surface area contributed by atoms with Crippen LogP contribution in [0.4, 0.5) is 0 Å². The molecule has 0 aliphatic carbocycles. The molecule has 0 saturated carbocycles. The summed E-state index contributed by atoms with van der Waals surface area (Å²) in [6.07, 6.45) is 0. The molecule has 0 fully saturated rings. The lowest BCUT2D eigenvalue weighted by Gasteiger charge is -2.04. The standard InChI is InChI=1S/C17H9N3O2S/c21-16-10-6-2-1-5-9(10)15-18-13-11-7-3-4-8-12(11)23-14(13)17(22)20(15)19-16/h1-8H,(H,19,21). The normalized spacial score (nSPS) is 11.8. The molecule has 5 nitrogen and oxygen atoms in total. The summed E-state index contributed by atoms with van der Waals surface area (Å²) in [5.41, 5.74) is 0.626. The van der Waals surface area contributed by atoms with E-state index in [1.807, 2.05) is 36.4 Å². The molecule has 3 aromatic heterocycles. The number of aromatic amines is 1. The van der Waals surface area contributed by atoms with Crippen LogP contribution in [0.3, 0.4) is 0 Å². The van der Waals surface area contributed by atoms with Crippen LogP contribution in [0.25, 0.3) is 36.7 Å². The Hall–Kier alpha value is -2.99. The molecule has 5 aromatic rings. The molecule has 0 aliphatic rings. The van der Waals surface area contributed by atoms with Crippen molar-refractivity contribution in [1.82, 2.24) is 14.6 Å². The Balaban J connectivity index is 2.16. The van der Waals surface area contributed by atoms with Crippen LogP contribution in [-0.2, 0) is 0 Å². The van der Waals surface area contributed by atoms with Crippen LogP contribution < -0.4 is 11.1 Å². The average molecular weight is 319 g/mol. The van der Waals surface area contributed by atoms with E-state index >= 15 is 0 Å². The summed E-state index contributed by atoms with van der Waals surface area (Å²) < 4.78 is 2.81. The first-order chi connectivity index (χ1) is 11.2. The van der Waals surface area contributed by atoms with Gasteiger partial charge in [0.05, 0.1) is 10.9 Å². The molecule has 2 aromatic carbocycles. The van der Waals surface area contributed by atoms with Crippen molar-refractivity contribution in [2.24, 2.45) is 0 Å². The number of nitrogens with one attached hydrogen (secondary N) is 1. The molecule has 3 heterocycles. The van der Waals surface area contributed by atoms with E-state index in [0.717, 1.165) is 10.1 Å². The molecule has 0 saturated heterocycles. The Bertz CT molecular complexity index is 1360. The van der Waals surface area contributed by atoms with Crippen LogP contribution in [-0.4, -0.2) is 14.6 Å². The van der Waals surface area contributed by atoms with Gasteiger partial charge in [-0.15, -0.1) is 11.3 Å². The summed E-state index contributed by atoms with van der Waals surface area (Å²) in [6.45, 7) is 0. The molecule has 110 valence electrons. The molecule has 5 rings (SSSR count). The summed E-state index contributed by atoms with van der Waals surface area (Å²) in [6, 6.07) is 15.0. The number of benzene rings is 2. The van der Waals surface area contributed by atoms with Crippen LogP contribution >= 0.6 is 11.3 Å². The Morgan fingerprint density at radius 3 is 2.43 bits per heavy atom. The zero-order valence-electron chi connectivity index (χ0n) is 11.7. The third-order valence-corrected chi connectivity index (χ3v) is 5.17. The largest absolute Gasteiger partial charge is 0.290 e. The number of aromatic nitrogens is 3. The number of fused-ring (bicyclic) bond motifs is 6. The second-order valence-electron chi connectivity index (χ2n) is 5.34. The maximum atomic E-state index is 12.8. The zero-order valence-corrected chi connectivity index (χ0v) is 12.6. The molecule has 6 heteroatoms. The summed E-state index contributed by atoms with van der Waals surface area (Å²) >= 11 is 1.40. The first-order valence-corrected chi connectivity index (χ1v) is 7.91. The lowest BCUT2D eigenvalue weighted by atomic mass is 10.2. The molecular weight excluding hydrogens is 310 g/mol. The van der Waals surface area contributed by atoms with Gasteiger partial charge in [-0.25, -0.2) is 4.98 Å². The van der Waals surface area contributed by atoms with Gasteiger partial charge in [-0.3, -0.25) is 14.7 Å². The van der Waals surface area contributed by atoms with E-state index in [1.165, 1.54) is 15.9 Å². The maximum absolute atomic E-state index is 12.8. The van der Waals surface area contributed by atoms with E-state index in [-0.39, 0.29) is 11.1 Å². The molecular formula is C17H9N3O2S. The summed E-state index contributed by atoms with van der Waals surface area (Å²) in [5, 5.41) is 4.79.